The monoisotopic (exact) mass is 288 g/mol. The summed E-state index contributed by atoms with van der Waals surface area (Å²) in [4.78, 5) is 26.3. The summed E-state index contributed by atoms with van der Waals surface area (Å²) in [6.07, 6.45) is 0. The van der Waals surface area contributed by atoms with Gasteiger partial charge in [-0.3, -0.25) is 9.59 Å². The van der Waals surface area contributed by atoms with E-state index in [1.165, 1.54) is 25.4 Å². The molecule has 0 aliphatic carbocycles. The van der Waals surface area contributed by atoms with Crippen molar-refractivity contribution in [3.63, 3.8) is 0 Å². The Morgan fingerprint density at radius 2 is 2.33 bits per heavy atom. The SMILES string of the molecule is COC(=O)C(C)CSCc1csc(NC(C)=O)n1. The summed E-state index contributed by atoms with van der Waals surface area (Å²) in [6.45, 7) is 3.29. The summed E-state index contributed by atoms with van der Waals surface area (Å²) in [5.41, 5.74) is 0.908. The van der Waals surface area contributed by atoms with E-state index in [2.05, 4.69) is 15.0 Å². The molecule has 1 N–H and O–H groups in total. The number of thioether (sulfide) groups is 1. The maximum absolute atomic E-state index is 11.2. The molecule has 1 atom stereocenters. The Morgan fingerprint density at radius 1 is 1.61 bits per heavy atom. The maximum atomic E-state index is 11.2. The number of nitrogens with zero attached hydrogens (tertiary/aromatic N) is 1. The van der Waals surface area contributed by atoms with Crippen LogP contribution in [0.3, 0.4) is 0 Å². The number of ether oxygens (including phenoxy) is 1. The van der Waals surface area contributed by atoms with Crippen LogP contribution in [-0.4, -0.2) is 29.7 Å². The average Bonchev–Trinajstić information content (AvgIpc) is 2.74. The van der Waals surface area contributed by atoms with Crippen molar-refractivity contribution in [3.05, 3.63) is 11.1 Å². The topological polar surface area (TPSA) is 68.3 Å². The van der Waals surface area contributed by atoms with E-state index in [1.54, 1.807) is 11.8 Å². The van der Waals surface area contributed by atoms with Gasteiger partial charge in [-0.25, -0.2) is 4.98 Å². The van der Waals surface area contributed by atoms with Crippen LogP contribution in [-0.2, 0) is 20.1 Å². The smallest absolute Gasteiger partial charge is 0.309 e. The Hall–Kier alpha value is -1.08. The van der Waals surface area contributed by atoms with Gasteiger partial charge in [0.05, 0.1) is 18.7 Å². The Balaban J connectivity index is 2.33. The first kappa shape index (κ1) is 15.0. The summed E-state index contributed by atoms with van der Waals surface area (Å²) >= 11 is 3.02. The third-order valence-electron chi connectivity index (χ3n) is 2.06. The van der Waals surface area contributed by atoms with Crippen LogP contribution < -0.4 is 5.32 Å². The largest absolute Gasteiger partial charge is 0.469 e. The maximum Gasteiger partial charge on any atom is 0.309 e. The highest BCUT2D eigenvalue weighted by Gasteiger charge is 2.13. The molecule has 5 nitrogen and oxygen atoms in total. The molecular weight excluding hydrogens is 272 g/mol. The summed E-state index contributed by atoms with van der Waals surface area (Å²) in [6, 6.07) is 0. The fraction of sp³-hybridized carbons (Fsp3) is 0.545. The van der Waals surface area contributed by atoms with Crippen LogP contribution in [0.15, 0.2) is 5.38 Å². The van der Waals surface area contributed by atoms with Crippen molar-refractivity contribution in [1.29, 1.82) is 0 Å². The van der Waals surface area contributed by atoms with E-state index in [1.807, 2.05) is 12.3 Å². The molecule has 1 aromatic rings. The summed E-state index contributed by atoms with van der Waals surface area (Å²) in [5, 5.41) is 5.15. The van der Waals surface area contributed by atoms with Crippen molar-refractivity contribution in [2.45, 2.75) is 19.6 Å². The minimum absolute atomic E-state index is 0.117. The molecule has 0 saturated carbocycles. The summed E-state index contributed by atoms with van der Waals surface area (Å²) < 4.78 is 4.65. The van der Waals surface area contributed by atoms with Gasteiger partial charge in [-0.05, 0) is 0 Å². The van der Waals surface area contributed by atoms with Gasteiger partial charge < -0.3 is 10.1 Å². The van der Waals surface area contributed by atoms with E-state index in [0.29, 0.717) is 10.9 Å². The number of carbonyl (C=O) groups is 2. The molecule has 0 radical (unpaired) electrons. The molecular formula is C11H16N2O3S2. The molecule has 1 rings (SSSR count). The van der Waals surface area contributed by atoms with Gasteiger partial charge in [0.2, 0.25) is 5.91 Å². The number of methoxy groups -OCH3 is 1. The van der Waals surface area contributed by atoms with E-state index in [-0.39, 0.29) is 17.8 Å². The number of esters is 1. The van der Waals surface area contributed by atoms with Crippen LogP contribution in [0.1, 0.15) is 19.5 Å². The molecule has 0 aliphatic heterocycles. The second-order valence-electron chi connectivity index (χ2n) is 3.76. The number of aromatic nitrogens is 1. The molecule has 0 saturated heterocycles. The first-order chi connectivity index (χ1) is 8.52. The number of anilines is 1. The minimum atomic E-state index is -0.195. The fourth-order valence-corrected chi connectivity index (χ4v) is 3.02. The molecule has 7 heteroatoms. The fourth-order valence-electron chi connectivity index (χ4n) is 1.19. The Kier molecular flexibility index (Phi) is 6.14. The third-order valence-corrected chi connectivity index (χ3v) is 4.10. The highest BCUT2D eigenvalue weighted by Crippen LogP contribution is 2.21. The lowest BCUT2D eigenvalue weighted by Crippen LogP contribution is -2.14. The van der Waals surface area contributed by atoms with Crippen LogP contribution in [0.4, 0.5) is 5.13 Å². The second kappa shape index (κ2) is 7.38. The van der Waals surface area contributed by atoms with Crippen LogP contribution in [0.5, 0.6) is 0 Å². The van der Waals surface area contributed by atoms with E-state index in [9.17, 15) is 9.59 Å². The zero-order valence-electron chi connectivity index (χ0n) is 10.6. The first-order valence-corrected chi connectivity index (χ1v) is 7.44. The van der Waals surface area contributed by atoms with Crippen molar-refractivity contribution >= 4 is 40.1 Å². The van der Waals surface area contributed by atoms with Gasteiger partial charge in [-0.1, -0.05) is 6.92 Å². The van der Waals surface area contributed by atoms with Gasteiger partial charge in [0.15, 0.2) is 5.13 Å². The standard InChI is InChI=1S/C11H16N2O3S2/c1-7(10(15)16-3)4-17-5-9-6-18-11(13-9)12-8(2)14/h6-7H,4-5H2,1-3H3,(H,12,13,14). The Labute approximate surface area is 114 Å². The molecule has 0 aromatic carbocycles. The quantitative estimate of drug-likeness (QED) is 0.812. The Morgan fingerprint density at radius 3 is 2.94 bits per heavy atom. The van der Waals surface area contributed by atoms with Crippen molar-refractivity contribution in [1.82, 2.24) is 4.98 Å². The van der Waals surface area contributed by atoms with Crippen LogP contribution in [0.25, 0.3) is 0 Å². The first-order valence-electron chi connectivity index (χ1n) is 5.40. The number of thiazole rings is 1. The zero-order chi connectivity index (χ0) is 13.5. The second-order valence-corrected chi connectivity index (χ2v) is 5.65. The summed E-state index contributed by atoms with van der Waals surface area (Å²) in [7, 11) is 1.39. The number of nitrogens with one attached hydrogen (secondary N) is 1. The van der Waals surface area contributed by atoms with Gasteiger partial charge in [0.1, 0.15) is 0 Å². The molecule has 0 bridgehead atoms. The predicted molar refractivity (Wildman–Crippen MR) is 73.8 cm³/mol. The molecule has 0 aliphatic rings. The average molecular weight is 288 g/mol. The summed E-state index contributed by atoms with van der Waals surface area (Å²) in [5.74, 6) is 0.980. The van der Waals surface area contributed by atoms with Crippen LogP contribution >= 0.6 is 23.1 Å². The molecule has 0 fully saturated rings. The minimum Gasteiger partial charge on any atom is -0.469 e. The molecule has 18 heavy (non-hydrogen) atoms. The lowest BCUT2D eigenvalue weighted by Gasteiger charge is -2.07. The van der Waals surface area contributed by atoms with Crippen LogP contribution in [0.2, 0.25) is 0 Å². The number of amides is 1. The molecule has 1 aromatic heterocycles. The number of rotatable bonds is 6. The molecule has 1 amide bonds. The zero-order valence-corrected chi connectivity index (χ0v) is 12.2. The molecule has 1 unspecified atom stereocenters. The number of hydrogen-bond donors (Lipinski definition) is 1. The highest BCUT2D eigenvalue weighted by molar-refractivity contribution is 7.98. The highest BCUT2D eigenvalue weighted by atomic mass is 32.2. The Bertz CT molecular complexity index is 420. The molecule has 100 valence electrons. The van der Waals surface area contributed by atoms with E-state index in [4.69, 9.17) is 0 Å². The van der Waals surface area contributed by atoms with Crippen molar-refractivity contribution < 1.29 is 14.3 Å². The number of carbonyl (C=O) groups excluding carboxylic acids is 2. The van der Waals surface area contributed by atoms with E-state index < -0.39 is 0 Å². The van der Waals surface area contributed by atoms with E-state index in [0.717, 1.165) is 11.4 Å². The van der Waals surface area contributed by atoms with Gasteiger partial charge in [0, 0.05) is 23.8 Å². The molecule has 0 spiro atoms. The van der Waals surface area contributed by atoms with Gasteiger partial charge in [-0.15, -0.1) is 11.3 Å². The van der Waals surface area contributed by atoms with Crippen molar-refractivity contribution in [2.75, 3.05) is 18.2 Å². The normalized spacial score (nSPS) is 11.9. The van der Waals surface area contributed by atoms with Gasteiger partial charge >= 0.3 is 5.97 Å². The lowest BCUT2D eigenvalue weighted by atomic mass is 10.2. The van der Waals surface area contributed by atoms with E-state index >= 15 is 0 Å². The van der Waals surface area contributed by atoms with Gasteiger partial charge in [0.25, 0.3) is 0 Å². The van der Waals surface area contributed by atoms with Crippen LogP contribution in [0, 0.1) is 5.92 Å². The lowest BCUT2D eigenvalue weighted by molar-refractivity contribution is -0.144. The van der Waals surface area contributed by atoms with Gasteiger partial charge in [-0.2, -0.15) is 11.8 Å². The van der Waals surface area contributed by atoms with Crippen molar-refractivity contribution in [2.24, 2.45) is 5.92 Å². The van der Waals surface area contributed by atoms with Crippen molar-refractivity contribution in [3.8, 4) is 0 Å². The third kappa shape index (κ3) is 5.05. The predicted octanol–water partition coefficient (Wildman–Crippen LogP) is 2.14. The number of hydrogen-bond acceptors (Lipinski definition) is 6. The molecule has 1 heterocycles.